The van der Waals surface area contributed by atoms with Crippen LogP contribution in [-0.4, -0.2) is 51.3 Å². The molecule has 9 nitrogen and oxygen atoms in total. The van der Waals surface area contributed by atoms with Crippen molar-refractivity contribution >= 4 is 23.3 Å². The van der Waals surface area contributed by atoms with E-state index >= 15 is 0 Å². The molecule has 0 radical (unpaired) electrons. The Hall–Kier alpha value is -5.02. The minimum Gasteiger partial charge on any atom is -0.360 e. The zero-order chi connectivity index (χ0) is 33.8. The molecule has 1 aliphatic heterocycles. The summed E-state index contributed by atoms with van der Waals surface area (Å²) in [6.07, 6.45) is 2.77. The van der Waals surface area contributed by atoms with Crippen LogP contribution in [0.4, 0.5) is 16.3 Å². The van der Waals surface area contributed by atoms with Crippen LogP contribution in [0.2, 0.25) is 0 Å². The maximum atomic E-state index is 13.4. The van der Waals surface area contributed by atoms with Gasteiger partial charge in [0.1, 0.15) is 17.3 Å². The van der Waals surface area contributed by atoms with Gasteiger partial charge in [0.2, 0.25) is 0 Å². The molecule has 9 heteroatoms. The maximum absolute atomic E-state index is 13.4. The number of carbonyl (C=O) groups is 2. The lowest BCUT2D eigenvalue weighted by Gasteiger charge is -2.31. The van der Waals surface area contributed by atoms with Crippen LogP contribution in [0, 0.1) is 19.8 Å². The van der Waals surface area contributed by atoms with Gasteiger partial charge in [0.05, 0.1) is 23.5 Å². The van der Waals surface area contributed by atoms with Gasteiger partial charge in [-0.05, 0) is 75.9 Å². The third-order valence-corrected chi connectivity index (χ3v) is 9.04. The molecule has 0 spiro atoms. The largest absolute Gasteiger partial charge is 0.360 e. The summed E-state index contributed by atoms with van der Waals surface area (Å²) in [7, 11) is 0. The van der Waals surface area contributed by atoms with Crippen molar-refractivity contribution in [2.75, 3.05) is 30.3 Å². The number of ketones is 1. The second-order valence-corrected chi connectivity index (χ2v) is 13.8. The lowest BCUT2D eigenvalue weighted by Crippen LogP contribution is -2.38. The van der Waals surface area contributed by atoms with Gasteiger partial charge in [-0.25, -0.2) is 9.48 Å². The fourth-order valence-corrected chi connectivity index (χ4v) is 6.24. The first-order valence-corrected chi connectivity index (χ1v) is 16.7. The van der Waals surface area contributed by atoms with Crippen LogP contribution in [0.15, 0.2) is 89.5 Å². The Morgan fingerprint density at radius 3 is 2.29 bits per heavy atom. The van der Waals surface area contributed by atoms with Gasteiger partial charge in [-0.3, -0.25) is 15.0 Å². The number of piperidine rings is 1. The molecule has 2 amide bonds. The number of rotatable bonds is 9. The Labute approximate surface area is 282 Å². The molecule has 1 saturated heterocycles. The Kier molecular flexibility index (Phi) is 9.59. The number of likely N-dealkylation sites (tertiary alicyclic amines) is 1. The molecule has 248 valence electrons. The molecule has 1 fully saturated rings. The summed E-state index contributed by atoms with van der Waals surface area (Å²) in [5.74, 6) is 1.64. The summed E-state index contributed by atoms with van der Waals surface area (Å²) in [5, 5.41) is 15.2. The Bertz CT molecular complexity index is 1880. The first kappa shape index (κ1) is 32.9. The smallest absolute Gasteiger partial charge is 0.324 e. The third kappa shape index (κ3) is 7.58. The average molecular weight is 645 g/mol. The number of benzene rings is 3. The van der Waals surface area contributed by atoms with Crippen molar-refractivity contribution in [3.8, 4) is 16.9 Å². The van der Waals surface area contributed by atoms with Crippen LogP contribution in [0.5, 0.6) is 0 Å². The monoisotopic (exact) mass is 644 g/mol. The fourth-order valence-electron chi connectivity index (χ4n) is 6.24. The zero-order valence-corrected chi connectivity index (χ0v) is 28.4. The van der Waals surface area contributed by atoms with E-state index in [2.05, 4.69) is 47.5 Å². The van der Waals surface area contributed by atoms with E-state index in [9.17, 15) is 9.59 Å². The van der Waals surface area contributed by atoms with Gasteiger partial charge < -0.3 is 9.84 Å². The lowest BCUT2D eigenvalue weighted by molar-refractivity contribution is 0.0894. The first-order valence-electron chi connectivity index (χ1n) is 16.7. The second kappa shape index (κ2) is 14.0. The topological polar surface area (TPSA) is 105 Å². The summed E-state index contributed by atoms with van der Waals surface area (Å²) < 4.78 is 7.22. The highest BCUT2D eigenvalue weighted by atomic mass is 16.5. The molecule has 48 heavy (non-hydrogen) atoms. The molecular formula is C39H44N6O3. The van der Waals surface area contributed by atoms with E-state index < -0.39 is 0 Å². The van der Waals surface area contributed by atoms with Crippen LogP contribution in [0.25, 0.3) is 16.9 Å². The number of anilines is 2. The fraction of sp³-hybridized carbons (Fsp3) is 0.333. The first-order chi connectivity index (χ1) is 23.0. The number of Topliss-reactive ketones (excluding diaryl/α,β-unsaturated/α-hetero) is 1. The van der Waals surface area contributed by atoms with Crippen molar-refractivity contribution in [1.82, 2.24) is 19.8 Å². The Balaban J connectivity index is 1.07. The molecule has 0 unspecified atom stereocenters. The van der Waals surface area contributed by atoms with E-state index in [4.69, 9.17) is 9.62 Å². The summed E-state index contributed by atoms with van der Waals surface area (Å²) >= 11 is 0. The molecule has 0 bridgehead atoms. The molecule has 5 aromatic rings. The standard InChI is InChI=1S/C39H44N6O3/c1-26-15-17-31(18-16-26)45-35(24-34(42-45)39(3,4)5)41-38(47)40-32-14-10-9-13-30(32)23-28-19-21-44(22-20-28)25-33(46)36-27(2)48-43-37(36)29-11-7-6-8-12-29/h6-18,24,28H,19-23,25H2,1-5H3,(H2,40,41,47). The minimum absolute atomic E-state index is 0.0324. The van der Waals surface area contributed by atoms with Gasteiger partial charge in [-0.1, -0.05) is 92.2 Å². The van der Waals surface area contributed by atoms with Gasteiger partial charge in [-0.15, -0.1) is 0 Å². The number of nitrogens with one attached hydrogen (secondary N) is 2. The van der Waals surface area contributed by atoms with E-state index in [0.29, 0.717) is 35.3 Å². The van der Waals surface area contributed by atoms with Crippen molar-refractivity contribution in [3.63, 3.8) is 0 Å². The van der Waals surface area contributed by atoms with Crippen molar-refractivity contribution in [2.24, 2.45) is 5.92 Å². The number of hydrogen-bond donors (Lipinski definition) is 2. The normalized spacial score (nSPS) is 14.2. The molecule has 0 saturated carbocycles. The number of para-hydroxylation sites is 1. The Morgan fingerprint density at radius 1 is 0.896 bits per heavy atom. The number of aromatic nitrogens is 3. The predicted molar refractivity (Wildman–Crippen MR) is 190 cm³/mol. The van der Waals surface area contributed by atoms with Crippen LogP contribution in [-0.2, 0) is 11.8 Å². The summed E-state index contributed by atoms with van der Waals surface area (Å²) in [4.78, 5) is 29.0. The summed E-state index contributed by atoms with van der Waals surface area (Å²) in [5.41, 5.74) is 6.69. The molecular weight excluding hydrogens is 600 g/mol. The predicted octanol–water partition coefficient (Wildman–Crippen LogP) is 8.22. The minimum atomic E-state index is -0.316. The van der Waals surface area contributed by atoms with E-state index in [1.807, 2.05) is 85.8 Å². The van der Waals surface area contributed by atoms with Gasteiger partial charge in [-0.2, -0.15) is 5.10 Å². The molecule has 2 N–H and O–H groups in total. The van der Waals surface area contributed by atoms with Gasteiger partial charge in [0.25, 0.3) is 0 Å². The molecule has 1 aliphatic rings. The highest BCUT2D eigenvalue weighted by molar-refractivity contribution is 6.03. The van der Waals surface area contributed by atoms with Crippen LogP contribution in [0.1, 0.15) is 66.6 Å². The summed E-state index contributed by atoms with van der Waals surface area (Å²) in [6, 6.07) is 27.4. The van der Waals surface area contributed by atoms with E-state index in [1.165, 1.54) is 0 Å². The van der Waals surface area contributed by atoms with Gasteiger partial charge in [0.15, 0.2) is 5.78 Å². The molecule has 3 aromatic carbocycles. The quantitative estimate of drug-likeness (QED) is 0.157. The number of urea groups is 1. The van der Waals surface area contributed by atoms with E-state index in [0.717, 1.165) is 66.1 Å². The van der Waals surface area contributed by atoms with Crippen molar-refractivity contribution < 1.29 is 14.1 Å². The number of nitrogens with zero attached hydrogens (tertiary/aromatic N) is 4. The zero-order valence-electron chi connectivity index (χ0n) is 28.4. The highest BCUT2D eigenvalue weighted by Gasteiger charge is 2.27. The number of carbonyl (C=O) groups excluding carboxylic acids is 2. The number of hydrogen-bond acceptors (Lipinski definition) is 6. The van der Waals surface area contributed by atoms with Gasteiger partial charge >= 0.3 is 6.03 Å². The second-order valence-electron chi connectivity index (χ2n) is 13.8. The molecule has 6 rings (SSSR count). The molecule has 2 aromatic heterocycles. The SMILES string of the molecule is Cc1ccc(-n2nc(C(C)(C)C)cc2NC(=O)Nc2ccccc2CC2CCN(CC(=O)c3c(-c4ccccc4)noc3C)CC2)cc1. The van der Waals surface area contributed by atoms with E-state index in [-0.39, 0.29) is 17.2 Å². The number of amides is 2. The highest BCUT2D eigenvalue weighted by Crippen LogP contribution is 2.30. The lowest BCUT2D eigenvalue weighted by atomic mass is 9.89. The molecule has 0 atom stereocenters. The van der Waals surface area contributed by atoms with Crippen molar-refractivity contribution in [2.45, 2.75) is 59.3 Å². The van der Waals surface area contributed by atoms with Crippen molar-refractivity contribution in [1.29, 1.82) is 0 Å². The number of aryl methyl sites for hydroxylation is 2. The molecule has 3 heterocycles. The van der Waals surface area contributed by atoms with Crippen molar-refractivity contribution in [3.05, 3.63) is 113 Å². The van der Waals surface area contributed by atoms with Crippen LogP contribution in [0.3, 0.4) is 0 Å². The summed E-state index contributed by atoms with van der Waals surface area (Å²) in [6.45, 7) is 12.2. The third-order valence-electron chi connectivity index (χ3n) is 9.04. The average Bonchev–Trinajstić information content (AvgIpc) is 3.67. The van der Waals surface area contributed by atoms with Crippen LogP contribution >= 0.6 is 0 Å². The van der Waals surface area contributed by atoms with E-state index in [1.54, 1.807) is 11.6 Å². The Morgan fingerprint density at radius 2 is 1.58 bits per heavy atom. The maximum Gasteiger partial charge on any atom is 0.324 e. The molecule has 0 aliphatic carbocycles. The van der Waals surface area contributed by atoms with Crippen LogP contribution < -0.4 is 10.6 Å². The van der Waals surface area contributed by atoms with Gasteiger partial charge in [0, 0.05) is 22.7 Å².